The molecule has 0 fully saturated rings. The molecule has 0 aliphatic carbocycles. The van der Waals surface area contributed by atoms with Crippen LogP contribution in [0.5, 0.6) is 40.2 Å². The van der Waals surface area contributed by atoms with Gasteiger partial charge in [-0.3, -0.25) is 4.90 Å². The Labute approximate surface area is 265 Å². The van der Waals surface area contributed by atoms with Crippen LogP contribution in [0.2, 0.25) is 0 Å². The average molecular weight is 611 g/mol. The maximum Gasteiger partial charge on any atom is 0.169 e. The predicted molar refractivity (Wildman–Crippen MR) is 175 cm³/mol. The van der Waals surface area contributed by atoms with E-state index in [0.717, 1.165) is 67.1 Å². The number of aromatic hydroxyl groups is 1. The Kier molecular flexibility index (Phi) is 9.05. The number of hydrogen-bond acceptors (Lipinski definition) is 8. The Hall–Kier alpha value is -4.40. The first kappa shape index (κ1) is 30.6. The van der Waals surface area contributed by atoms with Gasteiger partial charge in [0, 0.05) is 18.6 Å². The number of fused-ring (bicyclic) bond motifs is 2. The fourth-order valence-corrected chi connectivity index (χ4v) is 6.63. The number of phenols is 1. The van der Waals surface area contributed by atoms with Gasteiger partial charge in [-0.1, -0.05) is 18.2 Å². The third-order valence-electron chi connectivity index (χ3n) is 9.12. The molecule has 236 valence electrons. The van der Waals surface area contributed by atoms with Gasteiger partial charge < -0.3 is 34.1 Å². The van der Waals surface area contributed by atoms with E-state index in [1.54, 1.807) is 28.4 Å². The van der Waals surface area contributed by atoms with Gasteiger partial charge in [0.2, 0.25) is 0 Å². The summed E-state index contributed by atoms with van der Waals surface area (Å²) in [6.45, 7) is 1.85. The molecule has 0 amide bonds. The van der Waals surface area contributed by atoms with Crippen LogP contribution in [0.1, 0.15) is 45.5 Å². The number of phenolic OH excluding ortho intramolecular Hbond substituents is 1. The smallest absolute Gasteiger partial charge is 0.169 e. The normalized spacial score (nSPS) is 17.6. The van der Waals surface area contributed by atoms with Gasteiger partial charge in [0.1, 0.15) is 5.75 Å². The van der Waals surface area contributed by atoms with Crippen molar-refractivity contribution in [1.29, 1.82) is 0 Å². The maximum atomic E-state index is 10.5. The monoisotopic (exact) mass is 610 g/mol. The van der Waals surface area contributed by atoms with E-state index in [4.69, 9.17) is 23.7 Å². The fraction of sp³-hybridized carbons (Fsp3) is 0.351. The summed E-state index contributed by atoms with van der Waals surface area (Å²) in [6.07, 6.45) is 3.49. The van der Waals surface area contributed by atoms with E-state index in [1.807, 2.05) is 30.3 Å². The Morgan fingerprint density at radius 3 is 2.09 bits per heavy atom. The van der Waals surface area contributed by atoms with Crippen molar-refractivity contribution in [2.75, 3.05) is 48.6 Å². The Balaban J connectivity index is 1.18. The number of hydrogen-bond donors (Lipinski definition) is 2. The van der Waals surface area contributed by atoms with Crippen LogP contribution in [0.3, 0.4) is 0 Å². The maximum absolute atomic E-state index is 10.5. The molecule has 0 aromatic heterocycles. The number of rotatable bonds is 10. The lowest BCUT2D eigenvalue weighted by Crippen LogP contribution is -2.33. The molecule has 0 saturated heterocycles. The highest BCUT2D eigenvalue weighted by molar-refractivity contribution is 5.51. The largest absolute Gasteiger partial charge is 0.504 e. The SMILES string of the molecule is COc1cc2c(cc1O)[C@@H](Cc1ccc(OC)c(Oc3ccc(C[C@H]4NCCc5cc(OC)c(OC)cc54)cc3)c1)N(C)CC2. The van der Waals surface area contributed by atoms with Crippen LogP contribution in [-0.4, -0.2) is 58.6 Å². The molecular formula is C37H42N2O6. The van der Waals surface area contributed by atoms with Crippen LogP contribution in [0.4, 0.5) is 0 Å². The molecule has 2 heterocycles. The molecule has 6 rings (SSSR count). The van der Waals surface area contributed by atoms with E-state index in [0.29, 0.717) is 17.2 Å². The molecule has 4 aromatic rings. The van der Waals surface area contributed by atoms with Crippen molar-refractivity contribution < 1.29 is 28.8 Å². The summed E-state index contributed by atoms with van der Waals surface area (Å²) in [6, 6.07) is 22.7. The summed E-state index contributed by atoms with van der Waals surface area (Å²) in [4.78, 5) is 2.34. The van der Waals surface area contributed by atoms with Crippen molar-refractivity contribution in [3.8, 4) is 40.2 Å². The molecule has 45 heavy (non-hydrogen) atoms. The standard InChI is InChI=1S/C37H42N2O6/c1-39-15-13-26-19-34(42-3)32(40)21-29(26)31(39)17-24-8-11-33(41-2)37(18-24)45-27-9-6-23(7-10-27)16-30-28-22-36(44-5)35(43-4)20-25(28)12-14-38-30/h6-11,18-22,30-31,38,40H,12-17H2,1-5H3/t30-,31-/m1/s1. The number of ether oxygens (including phenoxy) is 5. The molecule has 2 aliphatic heterocycles. The average Bonchev–Trinajstić information content (AvgIpc) is 3.06. The van der Waals surface area contributed by atoms with Gasteiger partial charge in [-0.15, -0.1) is 0 Å². The molecule has 2 atom stereocenters. The highest BCUT2D eigenvalue weighted by Gasteiger charge is 2.27. The summed E-state index contributed by atoms with van der Waals surface area (Å²) in [7, 11) is 8.73. The molecule has 8 heteroatoms. The van der Waals surface area contributed by atoms with E-state index in [9.17, 15) is 5.11 Å². The molecule has 8 nitrogen and oxygen atoms in total. The number of nitrogens with one attached hydrogen (secondary N) is 1. The summed E-state index contributed by atoms with van der Waals surface area (Å²) in [5.41, 5.74) is 7.22. The highest BCUT2D eigenvalue weighted by atomic mass is 16.5. The van der Waals surface area contributed by atoms with Crippen molar-refractivity contribution in [3.05, 3.63) is 100 Å². The van der Waals surface area contributed by atoms with Crippen molar-refractivity contribution in [3.63, 3.8) is 0 Å². The molecule has 4 aromatic carbocycles. The number of methoxy groups -OCH3 is 4. The summed E-state index contributed by atoms with van der Waals surface area (Å²) in [5.74, 6) is 4.30. The summed E-state index contributed by atoms with van der Waals surface area (Å²) < 4.78 is 28.5. The van der Waals surface area contributed by atoms with E-state index in [1.165, 1.54) is 22.3 Å². The van der Waals surface area contributed by atoms with Crippen LogP contribution in [0.15, 0.2) is 66.7 Å². The highest BCUT2D eigenvalue weighted by Crippen LogP contribution is 2.40. The molecule has 2 aliphatic rings. The third-order valence-corrected chi connectivity index (χ3v) is 9.12. The lowest BCUT2D eigenvalue weighted by Gasteiger charge is -2.35. The molecular weight excluding hydrogens is 568 g/mol. The van der Waals surface area contributed by atoms with Gasteiger partial charge in [-0.05, 0) is 121 Å². The topological polar surface area (TPSA) is 81.7 Å². The van der Waals surface area contributed by atoms with Gasteiger partial charge in [0.05, 0.1) is 28.4 Å². The Morgan fingerprint density at radius 1 is 0.689 bits per heavy atom. The van der Waals surface area contributed by atoms with Gasteiger partial charge in [0.25, 0.3) is 0 Å². The van der Waals surface area contributed by atoms with Crippen LogP contribution in [0, 0.1) is 0 Å². The minimum absolute atomic E-state index is 0.116. The second-order valence-electron chi connectivity index (χ2n) is 11.8. The summed E-state index contributed by atoms with van der Waals surface area (Å²) in [5, 5.41) is 14.2. The first-order chi connectivity index (χ1) is 21.9. The zero-order chi connectivity index (χ0) is 31.5. The van der Waals surface area contributed by atoms with E-state index in [2.05, 4.69) is 53.7 Å². The first-order valence-corrected chi connectivity index (χ1v) is 15.4. The second-order valence-corrected chi connectivity index (χ2v) is 11.8. The van der Waals surface area contributed by atoms with Gasteiger partial charge in [-0.25, -0.2) is 0 Å². The first-order valence-electron chi connectivity index (χ1n) is 15.4. The molecule has 2 N–H and O–H groups in total. The van der Waals surface area contributed by atoms with Crippen molar-refractivity contribution in [2.24, 2.45) is 0 Å². The quantitative estimate of drug-likeness (QED) is 0.213. The van der Waals surface area contributed by atoms with Gasteiger partial charge in [-0.2, -0.15) is 0 Å². The third kappa shape index (κ3) is 6.39. The Morgan fingerprint density at radius 2 is 1.36 bits per heavy atom. The summed E-state index contributed by atoms with van der Waals surface area (Å²) >= 11 is 0. The molecule has 0 spiro atoms. The van der Waals surface area contributed by atoms with Gasteiger partial charge in [0.15, 0.2) is 34.5 Å². The van der Waals surface area contributed by atoms with Crippen molar-refractivity contribution >= 4 is 0 Å². The zero-order valence-electron chi connectivity index (χ0n) is 26.7. The van der Waals surface area contributed by atoms with Crippen molar-refractivity contribution in [1.82, 2.24) is 10.2 Å². The van der Waals surface area contributed by atoms with Crippen LogP contribution in [-0.2, 0) is 25.7 Å². The zero-order valence-corrected chi connectivity index (χ0v) is 26.7. The fourth-order valence-electron chi connectivity index (χ4n) is 6.63. The number of nitrogens with zero attached hydrogens (tertiary/aromatic N) is 1. The predicted octanol–water partition coefficient (Wildman–Crippen LogP) is 6.42. The second kappa shape index (κ2) is 13.3. The Bertz CT molecular complexity index is 1650. The molecule has 0 unspecified atom stereocenters. The minimum atomic E-state index is 0.116. The van der Waals surface area contributed by atoms with Gasteiger partial charge >= 0.3 is 0 Å². The molecule has 0 bridgehead atoms. The van der Waals surface area contributed by atoms with Crippen LogP contribution >= 0.6 is 0 Å². The van der Waals surface area contributed by atoms with Crippen LogP contribution in [0.25, 0.3) is 0 Å². The van der Waals surface area contributed by atoms with Crippen molar-refractivity contribution in [2.45, 2.75) is 37.8 Å². The number of likely N-dealkylation sites (N-methyl/N-ethyl adjacent to an activating group) is 1. The van der Waals surface area contributed by atoms with E-state index in [-0.39, 0.29) is 17.8 Å². The van der Waals surface area contributed by atoms with Crippen LogP contribution < -0.4 is 29.0 Å². The minimum Gasteiger partial charge on any atom is -0.504 e. The van der Waals surface area contributed by atoms with E-state index < -0.39 is 0 Å². The van der Waals surface area contributed by atoms with E-state index >= 15 is 0 Å². The lowest BCUT2D eigenvalue weighted by atomic mass is 9.88. The number of benzene rings is 4. The lowest BCUT2D eigenvalue weighted by molar-refractivity contribution is 0.228. The molecule has 0 saturated carbocycles. The molecule has 0 radical (unpaired) electrons.